The van der Waals surface area contributed by atoms with Crippen molar-refractivity contribution in [1.29, 1.82) is 0 Å². The van der Waals surface area contributed by atoms with Crippen LogP contribution in [-0.2, 0) is 42.7 Å². The molecular weight excluding hydrogens is 879 g/mol. The summed E-state index contributed by atoms with van der Waals surface area (Å²) in [6, 6.07) is 0. The van der Waals surface area contributed by atoms with Crippen molar-refractivity contribution in [1.82, 2.24) is 5.32 Å². The number of aliphatic hydroxyl groups excluding tert-OH is 9. The van der Waals surface area contributed by atoms with Crippen LogP contribution in [0.25, 0.3) is 0 Å². The Morgan fingerprint density at radius 2 is 1.36 bits per heavy atom. The first-order valence-electron chi connectivity index (χ1n) is 25.1. The van der Waals surface area contributed by atoms with E-state index in [4.69, 9.17) is 37.9 Å². The highest BCUT2D eigenvalue weighted by molar-refractivity contribution is 5.72. The van der Waals surface area contributed by atoms with Gasteiger partial charge in [-0.25, -0.2) is 0 Å². The van der Waals surface area contributed by atoms with Gasteiger partial charge in [-0.15, -0.1) is 0 Å². The largest absolute Gasteiger partial charge is 0.394 e. The lowest BCUT2D eigenvalue weighted by molar-refractivity contribution is -0.390. The molecule has 67 heavy (non-hydrogen) atoms. The topological polar surface area (TPSA) is 285 Å². The number of fused-ring (bicyclic) bond motifs is 7. The smallest absolute Gasteiger partial charge is 0.216 e. The number of aliphatic hydroxyl groups is 9. The molecule has 1 amide bonds. The predicted molar refractivity (Wildman–Crippen MR) is 234 cm³/mol. The fourth-order valence-electron chi connectivity index (χ4n) is 14.8. The molecule has 8 aliphatic rings. The third-order valence-corrected chi connectivity index (χ3v) is 18.7. The Balaban J connectivity index is 0.950. The highest BCUT2D eigenvalue weighted by Gasteiger charge is 2.69. The van der Waals surface area contributed by atoms with Crippen molar-refractivity contribution in [2.45, 2.75) is 216 Å². The SMILES string of the molecule is CO[C@]1(CCC(C)CNC(C)=O)O[C@H]2C[C@H]3[C@@H]4CC[C@H]5C[C@@H](O[C@@H]6O[C@H](CO)[C@@H](O[C@@H]7O[C@H](CO)[C@@H](O)[C@H](O)[C@H]7O)[C@H](O)[C@H]6O[C@@H]6O[C@@H](C)[C@H](O)[C@@H](O)[C@H]6O)CC[C@]5(C)[C@H]4CC[C@]3(C)[C@H]2[C@@H]1C. The molecule has 1 unspecified atom stereocenters. The summed E-state index contributed by atoms with van der Waals surface area (Å²) in [6.07, 6.45) is -13.8. The quantitative estimate of drug-likeness (QED) is 0.103. The number of amides is 1. The van der Waals surface area contributed by atoms with Gasteiger partial charge in [-0.05, 0) is 111 Å². The molecular formula is C48H81NO18. The molecule has 27 atom stereocenters. The number of nitrogens with one attached hydrogen (secondary N) is 1. The first-order valence-corrected chi connectivity index (χ1v) is 25.1. The van der Waals surface area contributed by atoms with Gasteiger partial charge in [0.1, 0.15) is 67.1 Å². The van der Waals surface area contributed by atoms with Crippen LogP contribution in [0.5, 0.6) is 0 Å². The summed E-state index contributed by atoms with van der Waals surface area (Å²) in [5.41, 5.74) is 0.183. The van der Waals surface area contributed by atoms with Gasteiger partial charge in [0.05, 0.1) is 31.5 Å². The minimum atomic E-state index is -1.82. The molecule has 4 saturated heterocycles. The summed E-state index contributed by atoms with van der Waals surface area (Å²) in [4.78, 5) is 11.5. The van der Waals surface area contributed by atoms with Crippen LogP contribution in [0.1, 0.15) is 106 Å². The van der Waals surface area contributed by atoms with Crippen LogP contribution in [0.15, 0.2) is 0 Å². The third kappa shape index (κ3) is 9.41. The Labute approximate surface area is 394 Å². The second kappa shape index (κ2) is 20.4. The zero-order valence-electron chi connectivity index (χ0n) is 40.2. The third-order valence-electron chi connectivity index (χ3n) is 18.7. The monoisotopic (exact) mass is 960 g/mol. The molecule has 10 N–H and O–H groups in total. The molecule has 0 aromatic carbocycles. The van der Waals surface area contributed by atoms with Crippen LogP contribution < -0.4 is 5.32 Å². The Bertz CT molecular complexity index is 1680. The van der Waals surface area contributed by atoms with Crippen molar-refractivity contribution in [3.8, 4) is 0 Å². The maximum atomic E-state index is 12.0. The first-order chi connectivity index (χ1) is 31.7. The van der Waals surface area contributed by atoms with Gasteiger partial charge in [-0.2, -0.15) is 0 Å². The average molecular weight is 960 g/mol. The number of hydrogen-bond donors (Lipinski definition) is 10. The summed E-state index contributed by atoms with van der Waals surface area (Å²) < 4.78 is 49.9. The Morgan fingerprint density at radius 1 is 0.716 bits per heavy atom. The van der Waals surface area contributed by atoms with Gasteiger partial charge in [0.2, 0.25) is 5.91 Å². The zero-order valence-corrected chi connectivity index (χ0v) is 40.2. The van der Waals surface area contributed by atoms with Gasteiger partial charge < -0.3 is 89.2 Å². The maximum absolute atomic E-state index is 12.0. The lowest BCUT2D eigenvalue weighted by Crippen LogP contribution is -2.67. The second-order valence-electron chi connectivity index (χ2n) is 22.3. The van der Waals surface area contributed by atoms with Crippen LogP contribution in [0.3, 0.4) is 0 Å². The van der Waals surface area contributed by atoms with Gasteiger partial charge in [0.15, 0.2) is 24.7 Å². The van der Waals surface area contributed by atoms with E-state index in [2.05, 4.69) is 33.0 Å². The standard InChI is InChI=1S/C48H81NO18/c1-21(18-49-24(4)52)10-15-48(60-7)22(2)33-30(67-48)17-29-27-9-8-25-16-26(11-13-46(25,5)28(27)12-14-47(29,33)6)62-45-42(66-43-38(57)36(55)34(53)23(3)61-43)40(59)41(32(20-51)64-45)65-44-39(58)37(56)35(54)31(19-50)63-44/h21-23,25-45,50-51,53-59H,8-20H2,1-7H3,(H,49,52)/t21?,22-,23-,25-,26-,27+,28-,29-,30-,31+,32+,33-,34-,35+,36+,37-,38+,39+,40-,41+,42+,43-,44-,45+,46-,47-,48+/m0/s1. The minimum Gasteiger partial charge on any atom is -0.394 e. The van der Waals surface area contributed by atoms with E-state index < -0.39 is 111 Å². The van der Waals surface area contributed by atoms with E-state index in [0.717, 1.165) is 51.4 Å². The van der Waals surface area contributed by atoms with Gasteiger partial charge in [0, 0.05) is 32.9 Å². The summed E-state index contributed by atoms with van der Waals surface area (Å²) in [5, 5.41) is 98.9. The molecule has 0 bridgehead atoms. The van der Waals surface area contributed by atoms with Crippen LogP contribution >= 0.6 is 0 Å². The summed E-state index contributed by atoms with van der Waals surface area (Å²) in [7, 11) is 1.78. The Hall–Kier alpha value is -1.21. The van der Waals surface area contributed by atoms with E-state index in [-0.39, 0.29) is 34.9 Å². The minimum absolute atomic E-state index is 0.0209. The fourth-order valence-corrected chi connectivity index (χ4v) is 14.8. The number of methoxy groups -OCH3 is 1. The van der Waals surface area contributed by atoms with Gasteiger partial charge in [0.25, 0.3) is 0 Å². The molecule has 4 aliphatic carbocycles. The van der Waals surface area contributed by atoms with Crippen molar-refractivity contribution < 1.29 is 88.6 Å². The molecule has 4 heterocycles. The molecule has 0 spiro atoms. The number of ether oxygens (including phenoxy) is 8. The van der Waals surface area contributed by atoms with Crippen molar-refractivity contribution in [3.05, 3.63) is 0 Å². The lowest BCUT2D eigenvalue weighted by atomic mass is 9.44. The van der Waals surface area contributed by atoms with Crippen LogP contribution in [0.2, 0.25) is 0 Å². The molecule has 386 valence electrons. The van der Waals surface area contributed by atoms with Gasteiger partial charge in [-0.3, -0.25) is 4.79 Å². The molecule has 8 fully saturated rings. The molecule has 19 heteroatoms. The average Bonchev–Trinajstić information content (AvgIpc) is 3.76. The fraction of sp³-hybridized carbons (Fsp3) is 0.979. The van der Waals surface area contributed by atoms with Crippen LogP contribution in [0, 0.1) is 52.3 Å². The Morgan fingerprint density at radius 3 is 2.03 bits per heavy atom. The van der Waals surface area contributed by atoms with E-state index in [9.17, 15) is 50.8 Å². The molecule has 4 aliphatic heterocycles. The van der Waals surface area contributed by atoms with Crippen molar-refractivity contribution in [2.24, 2.45) is 52.3 Å². The van der Waals surface area contributed by atoms with Gasteiger partial charge in [-0.1, -0.05) is 27.7 Å². The lowest BCUT2D eigenvalue weighted by Gasteiger charge is -2.61. The first kappa shape index (κ1) is 52.1. The summed E-state index contributed by atoms with van der Waals surface area (Å²) >= 11 is 0. The maximum Gasteiger partial charge on any atom is 0.216 e. The number of hydrogen-bond acceptors (Lipinski definition) is 18. The molecule has 0 aromatic heterocycles. The van der Waals surface area contributed by atoms with Gasteiger partial charge >= 0.3 is 0 Å². The van der Waals surface area contributed by atoms with Crippen LogP contribution in [-0.4, -0.2) is 189 Å². The highest BCUT2D eigenvalue weighted by atomic mass is 16.8. The van der Waals surface area contributed by atoms with E-state index >= 15 is 0 Å². The number of rotatable bonds is 14. The molecule has 0 radical (unpaired) electrons. The van der Waals surface area contributed by atoms with E-state index in [1.165, 1.54) is 6.92 Å². The predicted octanol–water partition coefficient (Wildman–Crippen LogP) is 0.0463. The summed E-state index contributed by atoms with van der Waals surface area (Å²) in [6.45, 7) is 11.7. The van der Waals surface area contributed by atoms with Crippen molar-refractivity contribution >= 4 is 5.91 Å². The molecule has 0 aromatic rings. The van der Waals surface area contributed by atoms with Crippen molar-refractivity contribution in [3.63, 3.8) is 0 Å². The molecule has 4 saturated carbocycles. The highest BCUT2D eigenvalue weighted by Crippen LogP contribution is 2.71. The number of carbonyl (C=O) groups is 1. The zero-order chi connectivity index (χ0) is 48.5. The normalized spacial score (nSPS) is 53.5. The van der Waals surface area contributed by atoms with E-state index in [0.29, 0.717) is 54.9 Å². The Kier molecular flexibility index (Phi) is 15.8. The van der Waals surface area contributed by atoms with Crippen LogP contribution in [0.4, 0.5) is 0 Å². The van der Waals surface area contributed by atoms with E-state index in [1.807, 2.05) is 0 Å². The van der Waals surface area contributed by atoms with E-state index in [1.54, 1.807) is 14.0 Å². The number of carbonyl (C=O) groups excluding carboxylic acids is 1. The molecule has 8 rings (SSSR count). The second-order valence-corrected chi connectivity index (χ2v) is 22.3. The summed E-state index contributed by atoms with van der Waals surface area (Å²) in [5.74, 6) is 2.21. The molecule has 19 nitrogen and oxygen atoms in total. The van der Waals surface area contributed by atoms with Crippen molar-refractivity contribution in [2.75, 3.05) is 26.9 Å².